The Morgan fingerprint density at radius 2 is 2.13 bits per heavy atom. The molecule has 1 atom stereocenters. The third-order valence-corrected chi connectivity index (χ3v) is 5.94. The van der Waals surface area contributed by atoms with Crippen LogP contribution >= 0.6 is 11.3 Å². The molecule has 1 aliphatic heterocycles. The topological polar surface area (TPSA) is 63.2 Å². The smallest absolute Gasteiger partial charge is 0.169 e. The van der Waals surface area contributed by atoms with Gasteiger partial charge >= 0.3 is 0 Å². The third-order valence-electron chi connectivity index (χ3n) is 3.99. The molecule has 0 saturated carbocycles. The Bertz CT molecular complexity index is 727. The fourth-order valence-corrected chi connectivity index (χ4v) is 4.89. The van der Waals surface area contributed by atoms with Crippen LogP contribution in [0.1, 0.15) is 18.4 Å². The number of thiophene rings is 1. The molecule has 2 aromatic rings. The van der Waals surface area contributed by atoms with Gasteiger partial charge in [0.05, 0.1) is 10.6 Å². The van der Waals surface area contributed by atoms with Gasteiger partial charge in [-0.15, -0.1) is 11.3 Å². The molecular formula is C16H21N3O2S2. The summed E-state index contributed by atoms with van der Waals surface area (Å²) < 4.78 is 23.0. The Hall–Kier alpha value is -1.31. The van der Waals surface area contributed by atoms with Crippen molar-refractivity contribution in [2.24, 2.45) is 5.92 Å². The number of hydrogen-bond acceptors (Lipinski definition) is 6. The van der Waals surface area contributed by atoms with E-state index in [4.69, 9.17) is 0 Å². The van der Waals surface area contributed by atoms with Gasteiger partial charge in [-0.1, -0.05) is 6.07 Å². The highest BCUT2D eigenvalue weighted by atomic mass is 32.2. The van der Waals surface area contributed by atoms with Crippen LogP contribution in [0.4, 0.5) is 0 Å². The van der Waals surface area contributed by atoms with Crippen LogP contribution in [0.5, 0.6) is 0 Å². The zero-order valence-electron chi connectivity index (χ0n) is 13.2. The second kappa shape index (κ2) is 7.07. The molecule has 3 rings (SSSR count). The lowest BCUT2D eigenvalue weighted by molar-refractivity contribution is 0.177. The van der Waals surface area contributed by atoms with E-state index in [0.29, 0.717) is 0 Å². The van der Waals surface area contributed by atoms with E-state index in [-0.39, 0.29) is 11.7 Å². The molecule has 0 aliphatic carbocycles. The van der Waals surface area contributed by atoms with Crippen molar-refractivity contribution < 1.29 is 8.42 Å². The first kappa shape index (κ1) is 16.5. The molecule has 0 unspecified atom stereocenters. The Labute approximate surface area is 141 Å². The van der Waals surface area contributed by atoms with Crippen molar-refractivity contribution in [3.05, 3.63) is 35.5 Å². The zero-order valence-corrected chi connectivity index (χ0v) is 14.8. The quantitative estimate of drug-likeness (QED) is 0.828. The molecule has 1 saturated heterocycles. The van der Waals surface area contributed by atoms with E-state index in [1.165, 1.54) is 6.26 Å². The Kier molecular flexibility index (Phi) is 5.08. The highest BCUT2D eigenvalue weighted by molar-refractivity contribution is 7.90. The normalized spacial score (nSPS) is 19.8. The van der Waals surface area contributed by atoms with Gasteiger partial charge in [-0.25, -0.2) is 18.4 Å². The number of likely N-dealkylation sites (tertiary alicyclic amines) is 1. The Balaban J connectivity index is 1.60. The molecule has 1 aliphatic rings. The van der Waals surface area contributed by atoms with E-state index in [1.54, 1.807) is 11.3 Å². The summed E-state index contributed by atoms with van der Waals surface area (Å²) in [7, 11) is -2.90. The van der Waals surface area contributed by atoms with E-state index < -0.39 is 9.84 Å². The minimum absolute atomic E-state index is 0.241. The molecule has 0 spiro atoms. The SMILES string of the molecule is CS(=O)(=O)C[C@H]1CCCN(Cc2cnc(-c3cccs3)nc2)C1. The predicted octanol–water partition coefficient (Wildman–Crippen LogP) is 2.46. The van der Waals surface area contributed by atoms with Crippen LogP contribution in [-0.4, -0.2) is 48.4 Å². The standard InChI is InChI=1S/C16H21N3O2S2/c1-23(20,21)12-13-4-2-6-19(10-13)11-14-8-17-16(18-9-14)15-5-3-7-22-15/h3,5,7-9,13H,2,4,6,10-12H2,1H3/t13-/m0/s1. The first-order valence-corrected chi connectivity index (χ1v) is 10.7. The number of nitrogens with zero attached hydrogens (tertiary/aromatic N) is 3. The van der Waals surface area contributed by atoms with Crippen LogP contribution < -0.4 is 0 Å². The maximum absolute atomic E-state index is 11.5. The molecule has 0 radical (unpaired) electrons. The van der Waals surface area contributed by atoms with Crippen LogP contribution in [0.25, 0.3) is 10.7 Å². The van der Waals surface area contributed by atoms with Gasteiger partial charge < -0.3 is 0 Å². The van der Waals surface area contributed by atoms with Crippen LogP contribution in [0.15, 0.2) is 29.9 Å². The Morgan fingerprint density at radius 3 is 2.78 bits per heavy atom. The van der Waals surface area contributed by atoms with Crippen LogP contribution in [-0.2, 0) is 16.4 Å². The van der Waals surface area contributed by atoms with E-state index in [9.17, 15) is 8.42 Å². The molecule has 1 fully saturated rings. The number of aromatic nitrogens is 2. The molecule has 0 N–H and O–H groups in total. The summed E-state index contributed by atoms with van der Waals surface area (Å²) in [6.45, 7) is 2.62. The highest BCUT2D eigenvalue weighted by Gasteiger charge is 2.23. The summed E-state index contributed by atoms with van der Waals surface area (Å²) in [5.74, 6) is 1.29. The van der Waals surface area contributed by atoms with Crippen LogP contribution in [0, 0.1) is 5.92 Å². The minimum Gasteiger partial charge on any atom is -0.299 e. The number of hydrogen-bond donors (Lipinski definition) is 0. The van der Waals surface area contributed by atoms with Crippen LogP contribution in [0.2, 0.25) is 0 Å². The summed E-state index contributed by atoms with van der Waals surface area (Å²) in [5, 5.41) is 2.02. The van der Waals surface area contributed by atoms with Crippen molar-refractivity contribution in [1.29, 1.82) is 0 Å². The van der Waals surface area contributed by atoms with Gasteiger partial charge in [-0.05, 0) is 36.8 Å². The van der Waals surface area contributed by atoms with Crippen LogP contribution in [0.3, 0.4) is 0 Å². The molecule has 3 heterocycles. The molecule has 0 aromatic carbocycles. The van der Waals surface area contributed by atoms with Gasteiger partial charge in [0.1, 0.15) is 9.84 Å². The largest absolute Gasteiger partial charge is 0.299 e. The molecular weight excluding hydrogens is 330 g/mol. The molecule has 5 nitrogen and oxygen atoms in total. The van der Waals surface area contributed by atoms with Crippen molar-refractivity contribution in [1.82, 2.24) is 14.9 Å². The lowest BCUT2D eigenvalue weighted by atomic mass is 10.00. The Morgan fingerprint density at radius 1 is 1.35 bits per heavy atom. The van der Waals surface area contributed by atoms with E-state index in [0.717, 1.165) is 48.7 Å². The number of piperidine rings is 1. The van der Waals surface area contributed by atoms with E-state index in [1.807, 2.05) is 29.9 Å². The van der Waals surface area contributed by atoms with Gasteiger partial charge in [0.25, 0.3) is 0 Å². The summed E-state index contributed by atoms with van der Waals surface area (Å²) in [6.07, 6.45) is 7.12. The lowest BCUT2D eigenvalue weighted by Gasteiger charge is -2.32. The van der Waals surface area contributed by atoms with Crippen molar-refractivity contribution in [3.63, 3.8) is 0 Å². The molecule has 2 aromatic heterocycles. The molecule has 0 bridgehead atoms. The summed E-state index contributed by atoms with van der Waals surface area (Å²) >= 11 is 1.63. The fraction of sp³-hybridized carbons (Fsp3) is 0.500. The van der Waals surface area contributed by atoms with Gasteiger partial charge in [0, 0.05) is 37.3 Å². The first-order chi connectivity index (χ1) is 11.0. The lowest BCUT2D eigenvalue weighted by Crippen LogP contribution is -2.37. The summed E-state index contributed by atoms with van der Waals surface area (Å²) in [6, 6.07) is 4.01. The monoisotopic (exact) mass is 351 g/mol. The maximum Gasteiger partial charge on any atom is 0.169 e. The van der Waals surface area contributed by atoms with E-state index in [2.05, 4.69) is 14.9 Å². The summed E-state index contributed by atoms with van der Waals surface area (Å²) in [4.78, 5) is 12.3. The van der Waals surface area contributed by atoms with Crippen molar-refractivity contribution in [3.8, 4) is 10.7 Å². The second-order valence-electron chi connectivity index (χ2n) is 6.23. The van der Waals surface area contributed by atoms with Gasteiger partial charge in [0.15, 0.2) is 5.82 Å². The molecule has 0 amide bonds. The van der Waals surface area contributed by atoms with Gasteiger partial charge in [-0.2, -0.15) is 0 Å². The maximum atomic E-state index is 11.5. The van der Waals surface area contributed by atoms with Crippen molar-refractivity contribution >= 4 is 21.2 Å². The van der Waals surface area contributed by atoms with Crippen molar-refractivity contribution in [2.45, 2.75) is 19.4 Å². The number of rotatable bonds is 5. The van der Waals surface area contributed by atoms with Crippen molar-refractivity contribution in [2.75, 3.05) is 25.1 Å². The van der Waals surface area contributed by atoms with E-state index >= 15 is 0 Å². The molecule has 23 heavy (non-hydrogen) atoms. The summed E-state index contributed by atoms with van der Waals surface area (Å²) in [5.41, 5.74) is 1.07. The third kappa shape index (κ3) is 4.83. The predicted molar refractivity (Wildman–Crippen MR) is 93.1 cm³/mol. The van der Waals surface area contributed by atoms with Gasteiger partial charge in [0.2, 0.25) is 0 Å². The average Bonchev–Trinajstić information content (AvgIpc) is 3.01. The number of sulfone groups is 1. The highest BCUT2D eigenvalue weighted by Crippen LogP contribution is 2.22. The molecule has 124 valence electrons. The first-order valence-electron chi connectivity index (χ1n) is 7.74. The molecule has 7 heteroatoms. The average molecular weight is 351 g/mol. The zero-order chi connectivity index (χ0) is 16.3. The fourth-order valence-electron chi connectivity index (χ4n) is 3.09. The second-order valence-corrected chi connectivity index (χ2v) is 9.36. The van der Waals surface area contributed by atoms with Gasteiger partial charge in [-0.3, -0.25) is 4.90 Å². The minimum atomic E-state index is -2.90.